The Morgan fingerprint density at radius 1 is 0.788 bits per heavy atom. The largest absolute Gasteiger partial charge is 0.478 e. The molecule has 33 heavy (non-hydrogen) atoms. The highest BCUT2D eigenvalue weighted by atomic mass is 16.5. The highest BCUT2D eigenvalue weighted by Crippen LogP contribution is 2.37. The van der Waals surface area contributed by atoms with Crippen LogP contribution >= 0.6 is 0 Å². The molecule has 0 aliphatic rings. The minimum atomic E-state index is -0.966. The van der Waals surface area contributed by atoms with Crippen LogP contribution in [0.1, 0.15) is 10.4 Å². The van der Waals surface area contributed by atoms with E-state index in [1.54, 1.807) is 18.2 Å². The molecular formula is C28H18N2O3. The zero-order valence-electron chi connectivity index (χ0n) is 17.5. The van der Waals surface area contributed by atoms with Crippen LogP contribution < -0.4 is 0 Å². The Morgan fingerprint density at radius 3 is 2.45 bits per heavy atom. The standard InChI is InChI=1S/C28H18N2O3/c31-28(32)20-10-6-11-21(15-20)30-25-14-13-18-7-4-5-12-22(18)23(25)16-26(30)27-17-24(29-33-27)19-8-2-1-3-9-19/h1-17H,(H,31,32). The Labute approximate surface area is 189 Å². The third-order valence-electron chi connectivity index (χ3n) is 5.89. The van der Waals surface area contributed by atoms with Crippen LogP contribution in [0.4, 0.5) is 0 Å². The number of carboxylic acid groups (broad SMARTS) is 1. The molecule has 2 heterocycles. The highest BCUT2D eigenvalue weighted by Gasteiger charge is 2.19. The molecule has 0 unspecified atom stereocenters. The zero-order valence-corrected chi connectivity index (χ0v) is 17.5. The maximum Gasteiger partial charge on any atom is 0.335 e. The van der Waals surface area contributed by atoms with Gasteiger partial charge in [0.05, 0.1) is 16.8 Å². The molecule has 0 aliphatic heterocycles. The van der Waals surface area contributed by atoms with E-state index in [-0.39, 0.29) is 5.56 Å². The number of carboxylic acids is 1. The number of aromatic nitrogens is 2. The molecule has 0 aliphatic carbocycles. The van der Waals surface area contributed by atoms with E-state index in [9.17, 15) is 9.90 Å². The Hall–Kier alpha value is -4.64. The maximum absolute atomic E-state index is 11.6. The number of aromatic carboxylic acids is 1. The van der Waals surface area contributed by atoms with Gasteiger partial charge in [-0.3, -0.25) is 0 Å². The molecule has 0 atom stereocenters. The van der Waals surface area contributed by atoms with Gasteiger partial charge in [0, 0.05) is 22.7 Å². The van der Waals surface area contributed by atoms with Crippen LogP contribution in [-0.2, 0) is 0 Å². The van der Waals surface area contributed by atoms with E-state index in [0.29, 0.717) is 5.76 Å². The maximum atomic E-state index is 11.6. The number of fused-ring (bicyclic) bond motifs is 3. The molecule has 1 N–H and O–H groups in total. The Balaban J connectivity index is 1.64. The van der Waals surface area contributed by atoms with Gasteiger partial charge in [0.2, 0.25) is 0 Å². The van der Waals surface area contributed by atoms with Crippen molar-refractivity contribution in [2.24, 2.45) is 0 Å². The van der Waals surface area contributed by atoms with Crippen molar-refractivity contribution in [1.29, 1.82) is 0 Å². The lowest BCUT2D eigenvalue weighted by Crippen LogP contribution is -2.01. The molecule has 5 heteroatoms. The van der Waals surface area contributed by atoms with Crippen molar-refractivity contribution in [2.75, 3.05) is 0 Å². The van der Waals surface area contributed by atoms with E-state index >= 15 is 0 Å². The van der Waals surface area contributed by atoms with Crippen LogP contribution in [0.2, 0.25) is 0 Å². The molecule has 4 aromatic carbocycles. The molecule has 0 saturated heterocycles. The smallest absolute Gasteiger partial charge is 0.335 e. The number of hydrogen-bond donors (Lipinski definition) is 1. The van der Waals surface area contributed by atoms with E-state index in [1.807, 2.05) is 59.2 Å². The van der Waals surface area contributed by atoms with Gasteiger partial charge in [-0.05, 0) is 41.1 Å². The summed E-state index contributed by atoms with van der Waals surface area (Å²) in [4.78, 5) is 11.6. The normalized spacial score (nSPS) is 11.3. The average molecular weight is 430 g/mol. The minimum absolute atomic E-state index is 0.226. The second-order valence-corrected chi connectivity index (χ2v) is 7.88. The highest BCUT2D eigenvalue weighted by molar-refractivity contribution is 6.09. The second-order valence-electron chi connectivity index (χ2n) is 7.88. The van der Waals surface area contributed by atoms with E-state index in [0.717, 1.165) is 44.3 Å². The van der Waals surface area contributed by atoms with Crippen LogP contribution in [0.25, 0.3) is 50.1 Å². The van der Waals surface area contributed by atoms with Crippen LogP contribution in [0.15, 0.2) is 108 Å². The van der Waals surface area contributed by atoms with E-state index in [1.165, 1.54) is 0 Å². The summed E-state index contributed by atoms with van der Waals surface area (Å²) in [5.41, 5.74) is 4.44. The summed E-state index contributed by atoms with van der Waals surface area (Å²) in [5, 5.41) is 17.1. The molecule has 6 rings (SSSR count). The molecule has 158 valence electrons. The summed E-state index contributed by atoms with van der Waals surface area (Å²) in [5.74, 6) is -0.360. The van der Waals surface area contributed by atoms with Crippen molar-refractivity contribution >= 4 is 27.6 Å². The number of nitrogens with zero attached hydrogens (tertiary/aromatic N) is 2. The molecule has 2 aromatic heterocycles. The first kappa shape index (κ1) is 19.1. The van der Waals surface area contributed by atoms with Gasteiger partial charge in [0.1, 0.15) is 5.69 Å². The predicted molar refractivity (Wildman–Crippen MR) is 129 cm³/mol. The van der Waals surface area contributed by atoms with Crippen molar-refractivity contribution in [3.63, 3.8) is 0 Å². The lowest BCUT2D eigenvalue weighted by atomic mass is 10.1. The summed E-state index contributed by atoms with van der Waals surface area (Å²) in [6.07, 6.45) is 0. The molecule has 0 radical (unpaired) electrons. The molecule has 0 saturated carbocycles. The number of rotatable bonds is 4. The SMILES string of the molecule is O=C(O)c1cccc(-n2c(-c3cc(-c4ccccc4)no3)cc3c4ccccc4ccc32)c1. The number of benzene rings is 4. The van der Waals surface area contributed by atoms with Gasteiger partial charge in [-0.1, -0.05) is 71.9 Å². The summed E-state index contributed by atoms with van der Waals surface area (Å²) in [6.45, 7) is 0. The fourth-order valence-electron chi connectivity index (χ4n) is 4.34. The van der Waals surface area contributed by atoms with Crippen LogP contribution in [0.5, 0.6) is 0 Å². The van der Waals surface area contributed by atoms with E-state index in [2.05, 4.69) is 35.5 Å². The Kier molecular flexibility index (Phi) is 4.33. The summed E-state index contributed by atoms with van der Waals surface area (Å²) >= 11 is 0. The molecule has 6 aromatic rings. The molecule has 0 fully saturated rings. The number of hydrogen-bond acceptors (Lipinski definition) is 3. The first-order valence-corrected chi connectivity index (χ1v) is 10.6. The summed E-state index contributed by atoms with van der Waals surface area (Å²) in [7, 11) is 0. The van der Waals surface area contributed by atoms with Gasteiger partial charge in [-0.2, -0.15) is 0 Å². The fourth-order valence-corrected chi connectivity index (χ4v) is 4.34. The quantitative estimate of drug-likeness (QED) is 0.334. The summed E-state index contributed by atoms with van der Waals surface area (Å²) < 4.78 is 7.83. The van der Waals surface area contributed by atoms with Crippen molar-refractivity contribution in [2.45, 2.75) is 0 Å². The molecule has 0 spiro atoms. The molecule has 5 nitrogen and oxygen atoms in total. The lowest BCUT2D eigenvalue weighted by Gasteiger charge is -2.10. The van der Waals surface area contributed by atoms with Gasteiger partial charge in [0.25, 0.3) is 0 Å². The molecule has 0 amide bonds. The monoisotopic (exact) mass is 430 g/mol. The first-order chi connectivity index (χ1) is 16.2. The Bertz CT molecular complexity index is 1640. The van der Waals surface area contributed by atoms with Gasteiger partial charge >= 0.3 is 5.97 Å². The van der Waals surface area contributed by atoms with Gasteiger partial charge in [-0.25, -0.2) is 4.79 Å². The second kappa shape index (κ2) is 7.50. The van der Waals surface area contributed by atoms with E-state index in [4.69, 9.17) is 4.52 Å². The number of carbonyl (C=O) groups is 1. The Morgan fingerprint density at radius 2 is 1.61 bits per heavy atom. The van der Waals surface area contributed by atoms with E-state index < -0.39 is 5.97 Å². The van der Waals surface area contributed by atoms with Gasteiger partial charge in [-0.15, -0.1) is 0 Å². The van der Waals surface area contributed by atoms with Crippen LogP contribution in [0, 0.1) is 0 Å². The summed E-state index contributed by atoms with van der Waals surface area (Å²) in [6, 6.07) is 33.1. The van der Waals surface area contributed by atoms with Gasteiger partial charge < -0.3 is 14.2 Å². The lowest BCUT2D eigenvalue weighted by molar-refractivity contribution is 0.0697. The van der Waals surface area contributed by atoms with Crippen molar-refractivity contribution < 1.29 is 14.4 Å². The molecular weight excluding hydrogens is 412 g/mol. The predicted octanol–water partition coefficient (Wildman–Crippen LogP) is 6.80. The fraction of sp³-hybridized carbons (Fsp3) is 0. The van der Waals surface area contributed by atoms with Crippen molar-refractivity contribution in [3.8, 4) is 28.4 Å². The average Bonchev–Trinajstić information content (AvgIpc) is 3.50. The van der Waals surface area contributed by atoms with Crippen LogP contribution in [0.3, 0.4) is 0 Å². The zero-order chi connectivity index (χ0) is 22.4. The van der Waals surface area contributed by atoms with Crippen molar-refractivity contribution in [3.05, 3.63) is 109 Å². The molecule has 0 bridgehead atoms. The third-order valence-corrected chi connectivity index (χ3v) is 5.89. The first-order valence-electron chi connectivity index (χ1n) is 10.6. The van der Waals surface area contributed by atoms with Crippen LogP contribution in [-0.4, -0.2) is 20.8 Å². The third kappa shape index (κ3) is 3.18. The van der Waals surface area contributed by atoms with Crippen molar-refractivity contribution in [1.82, 2.24) is 9.72 Å². The minimum Gasteiger partial charge on any atom is -0.478 e. The van der Waals surface area contributed by atoms with Gasteiger partial charge in [0.15, 0.2) is 5.76 Å². The topological polar surface area (TPSA) is 68.3 Å².